The Morgan fingerprint density at radius 1 is 1.47 bits per heavy atom. The molecule has 1 N–H and O–H groups in total. The van der Waals surface area contributed by atoms with Crippen molar-refractivity contribution in [2.24, 2.45) is 0 Å². The van der Waals surface area contributed by atoms with E-state index in [1.54, 1.807) is 11.3 Å². The zero-order valence-corrected chi connectivity index (χ0v) is 12.7. The van der Waals surface area contributed by atoms with E-state index < -0.39 is 0 Å². The van der Waals surface area contributed by atoms with Crippen LogP contribution in [0.5, 0.6) is 0 Å². The molecule has 90 valence electrons. The maximum absolute atomic E-state index is 5.95. The maximum Gasteiger partial charge on any atom is 0.0898 e. The molecule has 2 aromatic rings. The van der Waals surface area contributed by atoms with Crippen LogP contribution in [-0.2, 0) is 0 Å². The maximum atomic E-state index is 5.95. The second-order valence-corrected chi connectivity index (χ2v) is 6.11. The molecule has 0 radical (unpaired) electrons. The Morgan fingerprint density at radius 3 is 2.82 bits per heavy atom. The van der Waals surface area contributed by atoms with E-state index in [1.165, 1.54) is 0 Å². The Labute approximate surface area is 118 Å². The number of anilines is 1. The Hall–Kier alpha value is -0.580. The molecule has 0 saturated heterocycles. The van der Waals surface area contributed by atoms with Gasteiger partial charge in [-0.1, -0.05) is 11.6 Å². The molecule has 1 aromatic carbocycles. The van der Waals surface area contributed by atoms with Gasteiger partial charge in [0.05, 0.1) is 21.8 Å². The molecule has 0 spiro atoms. The molecular formula is C12H12BrClN2S. The van der Waals surface area contributed by atoms with Crippen molar-refractivity contribution in [3.05, 3.63) is 43.8 Å². The summed E-state index contributed by atoms with van der Waals surface area (Å²) in [6, 6.07) is 5.99. The van der Waals surface area contributed by atoms with Crippen LogP contribution in [0.2, 0.25) is 5.02 Å². The van der Waals surface area contributed by atoms with E-state index in [1.807, 2.05) is 25.1 Å². The first-order valence-electron chi connectivity index (χ1n) is 5.20. The Morgan fingerprint density at radius 2 is 2.24 bits per heavy atom. The molecule has 2 nitrogen and oxygen atoms in total. The minimum Gasteiger partial charge on any atom is -0.377 e. The molecule has 17 heavy (non-hydrogen) atoms. The number of aromatic nitrogens is 1. The Bertz CT molecular complexity index is 527. The van der Waals surface area contributed by atoms with Gasteiger partial charge in [-0.3, -0.25) is 0 Å². The van der Waals surface area contributed by atoms with Crippen LogP contribution in [0.4, 0.5) is 5.69 Å². The second kappa shape index (κ2) is 5.38. The monoisotopic (exact) mass is 330 g/mol. The van der Waals surface area contributed by atoms with Crippen LogP contribution in [0.15, 0.2) is 28.1 Å². The fourth-order valence-electron chi connectivity index (χ4n) is 1.49. The lowest BCUT2D eigenvalue weighted by Gasteiger charge is -2.13. The highest BCUT2D eigenvalue weighted by atomic mass is 79.9. The summed E-state index contributed by atoms with van der Waals surface area (Å²) >= 11 is 11.0. The smallest absolute Gasteiger partial charge is 0.0898 e. The third-order valence-electron chi connectivity index (χ3n) is 2.38. The van der Waals surface area contributed by atoms with Crippen LogP contribution in [0.25, 0.3) is 0 Å². The van der Waals surface area contributed by atoms with E-state index in [4.69, 9.17) is 11.6 Å². The van der Waals surface area contributed by atoms with E-state index in [-0.39, 0.29) is 6.04 Å². The van der Waals surface area contributed by atoms with Crippen molar-refractivity contribution in [2.75, 3.05) is 5.32 Å². The summed E-state index contributed by atoms with van der Waals surface area (Å²) in [5.74, 6) is 0. The highest BCUT2D eigenvalue weighted by molar-refractivity contribution is 9.10. The lowest BCUT2D eigenvalue weighted by molar-refractivity contribution is 0.845. The van der Waals surface area contributed by atoms with Gasteiger partial charge in [0.1, 0.15) is 0 Å². The number of thiazole rings is 1. The first-order chi connectivity index (χ1) is 8.06. The zero-order chi connectivity index (χ0) is 12.4. The van der Waals surface area contributed by atoms with E-state index in [2.05, 4.69) is 38.5 Å². The molecule has 0 saturated carbocycles. The summed E-state index contributed by atoms with van der Waals surface area (Å²) in [7, 11) is 0. The van der Waals surface area contributed by atoms with Crippen molar-refractivity contribution >= 4 is 44.6 Å². The van der Waals surface area contributed by atoms with Crippen LogP contribution >= 0.6 is 38.9 Å². The Balaban J connectivity index is 2.12. The van der Waals surface area contributed by atoms with Crippen molar-refractivity contribution in [3.8, 4) is 0 Å². The van der Waals surface area contributed by atoms with E-state index in [0.29, 0.717) is 5.02 Å². The molecule has 0 amide bonds. The third-order valence-corrected chi connectivity index (χ3v) is 4.39. The Kier molecular flexibility index (Phi) is 4.07. The molecule has 5 heteroatoms. The zero-order valence-electron chi connectivity index (χ0n) is 9.50. The lowest BCUT2D eigenvalue weighted by Crippen LogP contribution is -2.06. The molecule has 0 fully saturated rings. The number of halogens is 2. The predicted molar refractivity (Wildman–Crippen MR) is 78.0 cm³/mol. The number of rotatable bonds is 3. The molecule has 0 aliphatic rings. The number of nitrogens with one attached hydrogen (secondary N) is 1. The van der Waals surface area contributed by atoms with Crippen LogP contribution in [0, 0.1) is 6.92 Å². The van der Waals surface area contributed by atoms with E-state index in [0.717, 1.165) is 20.9 Å². The molecule has 0 aliphatic heterocycles. The summed E-state index contributed by atoms with van der Waals surface area (Å²) in [5, 5.41) is 7.28. The fraction of sp³-hybridized carbons (Fsp3) is 0.250. The topological polar surface area (TPSA) is 24.9 Å². The van der Waals surface area contributed by atoms with Crippen LogP contribution < -0.4 is 5.32 Å². The van der Waals surface area contributed by atoms with Crippen LogP contribution in [0.1, 0.15) is 23.7 Å². The number of nitrogens with zero attached hydrogens (tertiary/aromatic N) is 1. The number of benzene rings is 1. The van der Waals surface area contributed by atoms with Crippen LogP contribution in [0.3, 0.4) is 0 Å². The van der Waals surface area contributed by atoms with Crippen molar-refractivity contribution in [1.82, 2.24) is 4.98 Å². The molecule has 0 aliphatic carbocycles. The molecule has 1 aromatic heterocycles. The highest BCUT2D eigenvalue weighted by Crippen LogP contribution is 2.28. The fourth-order valence-corrected chi connectivity index (χ4v) is 2.69. The molecule has 0 bridgehead atoms. The van der Waals surface area contributed by atoms with Crippen molar-refractivity contribution in [2.45, 2.75) is 19.9 Å². The first-order valence-corrected chi connectivity index (χ1v) is 7.25. The van der Waals surface area contributed by atoms with Gasteiger partial charge in [0, 0.05) is 15.5 Å². The average molecular weight is 332 g/mol. The van der Waals surface area contributed by atoms with Gasteiger partial charge in [-0.05, 0) is 48.0 Å². The molecular weight excluding hydrogens is 320 g/mol. The van der Waals surface area contributed by atoms with Gasteiger partial charge in [-0.15, -0.1) is 11.3 Å². The van der Waals surface area contributed by atoms with Gasteiger partial charge in [0.25, 0.3) is 0 Å². The largest absolute Gasteiger partial charge is 0.377 e. The molecule has 1 heterocycles. The van der Waals surface area contributed by atoms with E-state index >= 15 is 0 Å². The second-order valence-electron chi connectivity index (χ2n) is 3.79. The third kappa shape index (κ3) is 3.21. The summed E-state index contributed by atoms with van der Waals surface area (Å²) in [5.41, 5.74) is 2.10. The number of hydrogen-bond donors (Lipinski definition) is 1. The number of hydrogen-bond acceptors (Lipinski definition) is 3. The quantitative estimate of drug-likeness (QED) is 0.852. The SMILES string of the molecule is Cc1nc(C(C)Nc2ccc(Cl)c(Br)c2)cs1. The normalized spacial score (nSPS) is 12.5. The predicted octanol–water partition coefficient (Wildman–Crippen LogP) is 5.04. The van der Waals surface area contributed by atoms with Gasteiger partial charge >= 0.3 is 0 Å². The molecule has 1 atom stereocenters. The van der Waals surface area contributed by atoms with E-state index in [9.17, 15) is 0 Å². The summed E-state index contributed by atoms with van der Waals surface area (Å²) < 4.78 is 0.894. The van der Waals surface area contributed by atoms with Gasteiger partial charge in [-0.25, -0.2) is 4.98 Å². The molecule has 1 unspecified atom stereocenters. The minimum atomic E-state index is 0.188. The summed E-state index contributed by atoms with van der Waals surface area (Å²) in [4.78, 5) is 4.46. The van der Waals surface area contributed by atoms with Crippen molar-refractivity contribution in [3.63, 3.8) is 0 Å². The standard InChI is InChI=1S/C12H12BrClN2S/c1-7(12-6-17-8(2)16-12)15-9-3-4-11(14)10(13)5-9/h3-7,15H,1-2H3. The first kappa shape index (κ1) is 12.9. The highest BCUT2D eigenvalue weighted by Gasteiger charge is 2.09. The minimum absolute atomic E-state index is 0.188. The van der Waals surface area contributed by atoms with Gasteiger partial charge in [-0.2, -0.15) is 0 Å². The molecule has 2 rings (SSSR count). The van der Waals surface area contributed by atoms with Crippen molar-refractivity contribution < 1.29 is 0 Å². The number of aryl methyl sites for hydroxylation is 1. The van der Waals surface area contributed by atoms with Gasteiger partial charge in [0.2, 0.25) is 0 Å². The van der Waals surface area contributed by atoms with Crippen molar-refractivity contribution in [1.29, 1.82) is 0 Å². The average Bonchev–Trinajstić information content (AvgIpc) is 2.70. The summed E-state index contributed by atoms with van der Waals surface area (Å²) in [6.07, 6.45) is 0. The van der Waals surface area contributed by atoms with Crippen LogP contribution in [-0.4, -0.2) is 4.98 Å². The van der Waals surface area contributed by atoms with Gasteiger partial charge in [0.15, 0.2) is 0 Å². The summed E-state index contributed by atoms with van der Waals surface area (Å²) in [6.45, 7) is 4.11. The van der Waals surface area contributed by atoms with Gasteiger partial charge < -0.3 is 5.32 Å². The lowest BCUT2D eigenvalue weighted by atomic mass is 10.2.